The first kappa shape index (κ1) is 18.6. The second-order valence-electron chi connectivity index (χ2n) is 5.36. The number of amides is 1. The van der Waals surface area contributed by atoms with E-state index >= 15 is 0 Å². The van der Waals surface area contributed by atoms with Crippen molar-refractivity contribution >= 4 is 41.5 Å². The Morgan fingerprint density at radius 1 is 1.33 bits per heavy atom. The zero-order valence-electron chi connectivity index (χ0n) is 12.0. The zero-order chi connectivity index (χ0) is 14.5. The summed E-state index contributed by atoms with van der Waals surface area (Å²) in [5, 5.41) is 7.38. The van der Waals surface area contributed by atoms with E-state index in [1.165, 1.54) is 0 Å². The fourth-order valence-electron chi connectivity index (χ4n) is 2.51. The lowest BCUT2D eigenvalue weighted by Crippen LogP contribution is -2.33. The Balaban J connectivity index is 0.00000220. The van der Waals surface area contributed by atoms with Gasteiger partial charge in [-0.05, 0) is 56.5 Å². The summed E-state index contributed by atoms with van der Waals surface area (Å²) in [6, 6.07) is 5.40. The largest absolute Gasteiger partial charge is 0.350 e. The maximum absolute atomic E-state index is 12.1. The van der Waals surface area contributed by atoms with Crippen LogP contribution in [0, 0.1) is 5.92 Å². The Hall–Kier alpha value is -0.480. The molecule has 0 bridgehead atoms. The number of piperidine rings is 1. The predicted octanol–water partition coefficient (Wildman–Crippen LogP) is 3.98. The molecular formula is C15H21Cl3N2O. The van der Waals surface area contributed by atoms with Gasteiger partial charge in [0, 0.05) is 6.42 Å². The van der Waals surface area contributed by atoms with Crippen molar-refractivity contribution in [2.24, 2.45) is 5.92 Å². The van der Waals surface area contributed by atoms with Gasteiger partial charge in [-0.15, -0.1) is 12.4 Å². The molecule has 1 amide bonds. The fraction of sp³-hybridized carbons (Fsp3) is 0.533. The minimum absolute atomic E-state index is 0. The molecule has 1 aliphatic heterocycles. The first-order valence-electron chi connectivity index (χ1n) is 7.01. The third kappa shape index (κ3) is 5.67. The highest BCUT2D eigenvalue weighted by molar-refractivity contribution is 6.42. The van der Waals surface area contributed by atoms with Crippen LogP contribution < -0.4 is 10.6 Å². The third-order valence-electron chi connectivity index (χ3n) is 3.75. The molecule has 1 aromatic carbocycles. The molecule has 21 heavy (non-hydrogen) atoms. The number of carbonyl (C=O) groups excluding carboxylic acids is 1. The number of hydrogen-bond acceptors (Lipinski definition) is 2. The van der Waals surface area contributed by atoms with E-state index in [2.05, 4.69) is 10.6 Å². The van der Waals surface area contributed by atoms with Gasteiger partial charge in [0.2, 0.25) is 5.91 Å². The topological polar surface area (TPSA) is 41.1 Å². The molecule has 1 aromatic rings. The summed E-state index contributed by atoms with van der Waals surface area (Å²) in [4.78, 5) is 12.1. The number of carbonyl (C=O) groups is 1. The van der Waals surface area contributed by atoms with Crippen molar-refractivity contribution in [3.8, 4) is 0 Å². The molecule has 0 spiro atoms. The molecule has 3 nitrogen and oxygen atoms in total. The normalized spacial score (nSPS) is 16.9. The van der Waals surface area contributed by atoms with Crippen LogP contribution in [0.4, 0.5) is 0 Å². The quantitative estimate of drug-likeness (QED) is 0.861. The molecule has 1 unspecified atom stereocenters. The van der Waals surface area contributed by atoms with E-state index in [4.69, 9.17) is 23.2 Å². The minimum Gasteiger partial charge on any atom is -0.350 e. The van der Waals surface area contributed by atoms with Crippen LogP contribution >= 0.6 is 35.6 Å². The van der Waals surface area contributed by atoms with Crippen LogP contribution in [-0.2, 0) is 4.79 Å². The second kappa shape index (κ2) is 8.84. The smallest absolute Gasteiger partial charge is 0.220 e. The average molecular weight is 352 g/mol. The third-order valence-corrected chi connectivity index (χ3v) is 4.49. The van der Waals surface area contributed by atoms with Crippen LogP contribution in [0.25, 0.3) is 0 Å². The van der Waals surface area contributed by atoms with E-state index in [0.29, 0.717) is 22.4 Å². The van der Waals surface area contributed by atoms with E-state index in [-0.39, 0.29) is 24.4 Å². The summed E-state index contributed by atoms with van der Waals surface area (Å²) in [6.45, 7) is 3.99. The maximum atomic E-state index is 12.1. The molecule has 2 rings (SSSR count). The Bertz CT molecular complexity index is 476. The van der Waals surface area contributed by atoms with Crippen molar-refractivity contribution in [3.63, 3.8) is 0 Å². The standard InChI is InChI=1S/C15H20Cl2N2O.ClH/c1-10(12-2-3-13(16)14(17)9-12)19-15(20)8-11-4-6-18-7-5-11;/h2-3,9-11,18H,4-8H2,1H3,(H,19,20);1H. The van der Waals surface area contributed by atoms with Crippen LogP contribution in [0.3, 0.4) is 0 Å². The average Bonchev–Trinajstić information content (AvgIpc) is 2.42. The number of halogens is 3. The van der Waals surface area contributed by atoms with Crippen molar-refractivity contribution in [2.45, 2.75) is 32.2 Å². The highest BCUT2D eigenvalue weighted by Gasteiger charge is 2.18. The lowest BCUT2D eigenvalue weighted by molar-refractivity contribution is -0.122. The van der Waals surface area contributed by atoms with E-state index < -0.39 is 0 Å². The van der Waals surface area contributed by atoms with Crippen LogP contribution in [0.2, 0.25) is 10.0 Å². The number of rotatable bonds is 4. The molecular weight excluding hydrogens is 331 g/mol. The van der Waals surface area contributed by atoms with Crippen LogP contribution in [0.1, 0.15) is 37.8 Å². The summed E-state index contributed by atoms with van der Waals surface area (Å²) >= 11 is 11.9. The summed E-state index contributed by atoms with van der Waals surface area (Å²) < 4.78 is 0. The van der Waals surface area contributed by atoms with Gasteiger partial charge in [-0.1, -0.05) is 29.3 Å². The first-order valence-corrected chi connectivity index (χ1v) is 7.77. The summed E-state index contributed by atoms with van der Waals surface area (Å²) in [5.41, 5.74) is 0.970. The summed E-state index contributed by atoms with van der Waals surface area (Å²) in [6.07, 6.45) is 2.76. The van der Waals surface area contributed by atoms with Crippen molar-refractivity contribution in [3.05, 3.63) is 33.8 Å². The molecule has 0 aromatic heterocycles. The highest BCUT2D eigenvalue weighted by Crippen LogP contribution is 2.25. The first-order chi connectivity index (χ1) is 9.56. The van der Waals surface area contributed by atoms with Crippen molar-refractivity contribution in [2.75, 3.05) is 13.1 Å². The number of hydrogen-bond donors (Lipinski definition) is 2. The van der Waals surface area contributed by atoms with Crippen molar-refractivity contribution in [1.82, 2.24) is 10.6 Å². The Morgan fingerprint density at radius 3 is 2.62 bits per heavy atom. The maximum Gasteiger partial charge on any atom is 0.220 e. The van der Waals surface area contributed by atoms with Crippen LogP contribution in [0.5, 0.6) is 0 Å². The van der Waals surface area contributed by atoms with Gasteiger partial charge in [0.25, 0.3) is 0 Å². The van der Waals surface area contributed by atoms with Gasteiger partial charge in [-0.3, -0.25) is 4.79 Å². The van der Waals surface area contributed by atoms with Crippen molar-refractivity contribution in [1.29, 1.82) is 0 Å². The second-order valence-corrected chi connectivity index (χ2v) is 6.17. The van der Waals surface area contributed by atoms with Crippen LogP contribution in [-0.4, -0.2) is 19.0 Å². The molecule has 1 atom stereocenters. The lowest BCUT2D eigenvalue weighted by atomic mass is 9.94. The Labute approximate surface area is 142 Å². The van der Waals surface area contributed by atoms with Gasteiger partial charge in [-0.2, -0.15) is 0 Å². The monoisotopic (exact) mass is 350 g/mol. The van der Waals surface area contributed by atoms with E-state index in [9.17, 15) is 4.79 Å². The summed E-state index contributed by atoms with van der Waals surface area (Å²) in [5.74, 6) is 0.604. The van der Waals surface area contributed by atoms with Crippen LogP contribution in [0.15, 0.2) is 18.2 Å². The van der Waals surface area contributed by atoms with Gasteiger partial charge >= 0.3 is 0 Å². The van der Waals surface area contributed by atoms with Crippen molar-refractivity contribution < 1.29 is 4.79 Å². The molecule has 0 saturated carbocycles. The van der Waals surface area contributed by atoms with Gasteiger partial charge in [-0.25, -0.2) is 0 Å². The highest BCUT2D eigenvalue weighted by atomic mass is 35.5. The molecule has 1 fully saturated rings. The summed E-state index contributed by atoms with van der Waals surface area (Å²) in [7, 11) is 0. The molecule has 6 heteroatoms. The molecule has 1 saturated heterocycles. The fourth-order valence-corrected chi connectivity index (χ4v) is 2.82. The van der Waals surface area contributed by atoms with Gasteiger partial charge in [0.1, 0.15) is 0 Å². The lowest BCUT2D eigenvalue weighted by Gasteiger charge is -2.23. The van der Waals surface area contributed by atoms with Gasteiger partial charge in [0.05, 0.1) is 16.1 Å². The van der Waals surface area contributed by atoms with E-state index in [0.717, 1.165) is 31.5 Å². The van der Waals surface area contributed by atoms with Gasteiger partial charge < -0.3 is 10.6 Å². The Kier molecular flexibility index (Phi) is 7.82. The molecule has 2 N–H and O–H groups in total. The zero-order valence-corrected chi connectivity index (χ0v) is 14.3. The molecule has 118 valence electrons. The van der Waals surface area contributed by atoms with E-state index in [1.54, 1.807) is 12.1 Å². The predicted molar refractivity (Wildman–Crippen MR) is 90.5 cm³/mol. The van der Waals surface area contributed by atoms with Gasteiger partial charge in [0.15, 0.2) is 0 Å². The molecule has 0 aliphatic carbocycles. The molecule has 1 aliphatic rings. The number of nitrogens with one attached hydrogen (secondary N) is 2. The number of benzene rings is 1. The van der Waals surface area contributed by atoms with E-state index in [1.807, 2.05) is 13.0 Å². The SMILES string of the molecule is CC(NC(=O)CC1CCNCC1)c1ccc(Cl)c(Cl)c1.Cl. The molecule has 1 heterocycles. The molecule has 0 radical (unpaired) electrons. The minimum atomic E-state index is -0.0565. The Morgan fingerprint density at radius 2 is 2.00 bits per heavy atom.